The van der Waals surface area contributed by atoms with Crippen molar-refractivity contribution in [1.82, 2.24) is 9.62 Å². The van der Waals surface area contributed by atoms with Crippen LogP contribution in [0.5, 0.6) is 0 Å². The number of sulfonamides is 1. The monoisotopic (exact) mass is 443 g/mol. The lowest BCUT2D eigenvalue weighted by atomic mass is 9.88. The Morgan fingerprint density at radius 2 is 1.93 bits per heavy atom. The number of halogens is 1. The Balaban J connectivity index is 1.51. The van der Waals surface area contributed by atoms with Crippen LogP contribution in [0.2, 0.25) is 5.02 Å². The molecule has 0 radical (unpaired) electrons. The summed E-state index contributed by atoms with van der Waals surface area (Å²) in [7, 11) is -3.66. The van der Waals surface area contributed by atoms with Gasteiger partial charge in [-0.1, -0.05) is 31.4 Å². The zero-order valence-corrected chi connectivity index (χ0v) is 18.4. The predicted molar refractivity (Wildman–Crippen MR) is 114 cm³/mol. The van der Waals surface area contributed by atoms with E-state index in [1.807, 2.05) is 0 Å². The molecule has 1 saturated carbocycles. The van der Waals surface area contributed by atoms with E-state index in [9.17, 15) is 13.2 Å². The van der Waals surface area contributed by atoms with E-state index in [2.05, 4.69) is 17.6 Å². The van der Waals surface area contributed by atoms with Gasteiger partial charge in [-0.2, -0.15) is 4.31 Å². The molecule has 1 aliphatic heterocycles. The van der Waals surface area contributed by atoms with Crippen LogP contribution in [0.15, 0.2) is 23.1 Å². The van der Waals surface area contributed by atoms with E-state index in [-0.39, 0.29) is 16.0 Å². The summed E-state index contributed by atoms with van der Waals surface area (Å²) in [6.45, 7) is 4.05. The molecule has 2 amide bonds. The number of anilines is 1. The maximum absolute atomic E-state index is 12.8. The van der Waals surface area contributed by atoms with Crippen LogP contribution in [-0.2, 0) is 14.8 Å². The summed E-state index contributed by atoms with van der Waals surface area (Å²) in [6.07, 6.45) is 6.69. The van der Waals surface area contributed by atoms with Gasteiger partial charge in [-0.05, 0) is 49.8 Å². The molecular weight excluding hydrogens is 414 g/mol. The molecule has 2 fully saturated rings. The van der Waals surface area contributed by atoms with Crippen molar-refractivity contribution < 1.29 is 17.9 Å². The normalized spacial score (nSPS) is 23.1. The second-order valence-electron chi connectivity index (χ2n) is 7.81. The number of hydrogen-bond donors (Lipinski definition) is 2. The van der Waals surface area contributed by atoms with Crippen molar-refractivity contribution in [3.63, 3.8) is 0 Å². The maximum Gasteiger partial charge on any atom is 0.319 e. The zero-order chi connectivity index (χ0) is 20.9. The molecule has 7 nitrogen and oxygen atoms in total. The summed E-state index contributed by atoms with van der Waals surface area (Å²) in [5.41, 5.74) is 0.381. The molecule has 1 aromatic rings. The summed E-state index contributed by atoms with van der Waals surface area (Å²) in [4.78, 5) is 12.2. The van der Waals surface area contributed by atoms with Crippen molar-refractivity contribution in [3.8, 4) is 0 Å². The number of rotatable bonds is 7. The number of benzene rings is 1. The number of carbonyl (C=O) groups is 1. The van der Waals surface area contributed by atoms with Crippen LogP contribution in [0, 0.1) is 5.92 Å². The van der Waals surface area contributed by atoms with E-state index in [4.69, 9.17) is 16.3 Å². The van der Waals surface area contributed by atoms with Gasteiger partial charge in [0.25, 0.3) is 0 Å². The molecule has 1 heterocycles. The minimum Gasteiger partial charge on any atom is -0.376 e. The first-order valence-corrected chi connectivity index (χ1v) is 12.2. The number of amides is 2. The topological polar surface area (TPSA) is 87.7 Å². The standard InChI is InChI=1S/C20H30ClN3O4S/c1-15-6-2-3-7-18(15)28-13-10-22-20(25)23-16-8-9-17(21)19(14-16)29(26,27)24-11-4-5-12-24/h8-9,14-15,18H,2-7,10-13H2,1H3,(H2,22,23,25). The fourth-order valence-corrected chi connectivity index (χ4v) is 5.94. The quantitative estimate of drug-likeness (QED) is 0.626. The first-order valence-electron chi connectivity index (χ1n) is 10.3. The van der Waals surface area contributed by atoms with Crippen LogP contribution >= 0.6 is 11.6 Å². The van der Waals surface area contributed by atoms with E-state index in [0.717, 1.165) is 19.3 Å². The average molecular weight is 444 g/mol. The van der Waals surface area contributed by atoms with E-state index < -0.39 is 16.1 Å². The smallest absolute Gasteiger partial charge is 0.319 e. The molecule has 1 saturated heterocycles. The van der Waals surface area contributed by atoms with E-state index >= 15 is 0 Å². The van der Waals surface area contributed by atoms with Gasteiger partial charge in [0.1, 0.15) is 4.90 Å². The Morgan fingerprint density at radius 3 is 2.66 bits per heavy atom. The molecule has 1 aromatic carbocycles. The molecule has 0 aromatic heterocycles. The molecule has 2 unspecified atom stereocenters. The third-order valence-corrected chi connectivity index (χ3v) is 8.00. The summed E-state index contributed by atoms with van der Waals surface area (Å²) in [5, 5.41) is 5.57. The summed E-state index contributed by atoms with van der Waals surface area (Å²) in [6, 6.07) is 4.09. The second kappa shape index (κ2) is 10.1. The van der Waals surface area contributed by atoms with Crippen LogP contribution in [0.4, 0.5) is 10.5 Å². The maximum atomic E-state index is 12.8. The fraction of sp³-hybridized carbons (Fsp3) is 0.650. The first-order chi connectivity index (χ1) is 13.9. The lowest BCUT2D eigenvalue weighted by Gasteiger charge is -2.28. The molecule has 29 heavy (non-hydrogen) atoms. The van der Waals surface area contributed by atoms with Crippen molar-refractivity contribution in [2.24, 2.45) is 5.92 Å². The van der Waals surface area contributed by atoms with Gasteiger partial charge in [-0.3, -0.25) is 0 Å². The molecule has 1 aliphatic carbocycles. The Morgan fingerprint density at radius 1 is 1.21 bits per heavy atom. The lowest BCUT2D eigenvalue weighted by molar-refractivity contribution is -0.00232. The van der Waals surface area contributed by atoms with E-state index in [1.54, 1.807) is 6.07 Å². The number of nitrogens with zero attached hydrogens (tertiary/aromatic N) is 1. The zero-order valence-electron chi connectivity index (χ0n) is 16.8. The third kappa shape index (κ3) is 5.84. The number of urea groups is 1. The molecule has 2 atom stereocenters. The van der Waals surface area contributed by atoms with E-state index in [0.29, 0.717) is 37.8 Å². The number of ether oxygens (including phenoxy) is 1. The van der Waals surface area contributed by atoms with Gasteiger partial charge in [-0.25, -0.2) is 13.2 Å². The van der Waals surface area contributed by atoms with Crippen molar-refractivity contribution in [3.05, 3.63) is 23.2 Å². The highest BCUT2D eigenvalue weighted by Gasteiger charge is 2.29. The molecule has 3 rings (SSSR count). The Labute approximate surface area is 178 Å². The highest BCUT2D eigenvalue weighted by molar-refractivity contribution is 7.89. The molecule has 9 heteroatoms. The van der Waals surface area contributed by atoms with Crippen LogP contribution in [0.1, 0.15) is 45.4 Å². The van der Waals surface area contributed by atoms with Crippen molar-refractivity contribution >= 4 is 33.3 Å². The lowest BCUT2D eigenvalue weighted by Crippen LogP contribution is -2.34. The van der Waals surface area contributed by atoms with Gasteiger partial charge in [0.2, 0.25) is 10.0 Å². The number of hydrogen-bond acceptors (Lipinski definition) is 4. The average Bonchev–Trinajstić information content (AvgIpc) is 3.24. The summed E-state index contributed by atoms with van der Waals surface area (Å²) in [5.74, 6) is 0.558. The van der Waals surface area contributed by atoms with Crippen LogP contribution in [-0.4, -0.2) is 51.1 Å². The highest BCUT2D eigenvalue weighted by atomic mass is 35.5. The number of carbonyl (C=O) groups excluding carboxylic acids is 1. The van der Waals surface area contributed by atoms with Crippen molar-refractivity contribution in [2.75, 3.05) is 31.6 Å². The molecule has 0 bridgehead atoms. The molecular formula is C20H30ClN3O4S. The Kier molecular flexibility index (Phi) is 7.79. The predicted octanol–water partition coefficient (Wildman–Crippen LogP) is 3.84. The Hall–Kier alpha value is -1.35. The van der Waals surface area contributed by atoms with Gasteiger partial charge in [0.05, 0.1) is 17.7 Å². The second-order valence-corrected chi connectivity index (χ2v) is 10.1. The highest BCUT2D eigenvalue weighted by Crippen LogP contribution is 2.29. The fourth-order valence-electron chi connectivity index (χ4n) is 3.93. The SMILES string of the molecule is CC1CCCCC1OCCNC(=O)Nc1ccc(Cl)c(S(=O)(=O)N2CCCC2)c1. The van der Waals surface area contributed by atoms with Gasteiger partial charge in [-0.15, -0.1) is 0 Å². The first kappa shape index (κ1) is 22.3. The largest absolute Gasteiger partial charge is 0.376 e. The molecule has 0 spiro atoms. The molecule has 2 N–H and O–H groups in total. The summed E-state index contributed by atoms with van der Waals surface area (Å²) >= 11 is 6.13. The van der Waals surface area contributed by atoms with Gasteiger partial charge >= 0.3 is 6.03 Å². The van der Waals surface area contributed by atoms with E-state index in [1.165, 1.54) is 35.7 Å². The Bertz CT molecular complexity index is 812. The van der Waals surface area contributed by atoms with Crippen LogP contribution in [0.3, 0.4) is 0 Å². The third-order valence-electron chi connectivity index (χ3n) is 5.62. The molecule has 162 valence electrons. The number of nitrogens with one attached hydrogen (secondary N) is 2. The van der Waals surface area contributed by atoms with Gasteiger partial charge < -0.3 is 15.4 Å². The van der Waals surface area contributed by atoms with Crippen LogP contribution in [0.25, 0.3) is 0 Å². The van der Waals surface area contributed by atoms with Gasteiger partial charge in [0.15, 0.2) is 0 Å². The van der Waals surface area contributed by atoms with Crippen molar-refractivity contribution in [2.45, 2.75) is 56.4 Å². The minimum absolute atomic E-state index is 0.0217. The summed E-state index contributed by atoms with van der Waals surface area (Å²) < 4.78 is 32.9. The molecule has 2 aliphatic rings. The van der Waals surface area contributed by atoms with Crippen molar-refractivity contribution in [1.29, 1.82) is 0 Å². The van der Waals surface area contributed by atoms with Crippen LogP contribution < -0.4 is 10.6 Å². The van der Waals surface area contributed by atoms with Gasteiger partial charge in [0, 0.05) is 25.3 Å². The minimum atomic E-state index is -3.66.